The Bertz CT molecular complexity index is 215. The molecular weight excluding hydrogens is 206 g/mol. The van der Waals surface area contributed by atoms with Crippen LogP contribution in [0.5, 0.6) is 0 Å². The maximum absolute atomic E-state index is 11.9. The maximum atomic E-state index is 11.9. The minimum atomic E-state index is -0.339. The van der Waals surface area contributed by atoms with E-state index in [1.54, 1.807) is 0 Å². The van der Waals surface area contributed by atoms with Gasteiger partial charge in [-0.05, 0) is 6.42 Å². The average Bonchev–Trinajstić information content (AvgIpc) is 2.30. The molecule has 0 aromatic heterocycles. The highest BCUT2D eigenvalue weighted by atomic mass is 16.3. The molecule has 1 fully saturated rings. The molecule has 0 aromatic carbocycles. The highest BCUT2D eigenvalue weighted by Crippen LogP contribution is 2.05. The number of rotatable bonds is 5. The molecule has 0 saturated carbocycles. The van der Waals surface area contributed by atoms with Crippen LogP contribution in [0.15, 0.2) is 0 Å². The number of nitrogens with zero attached hydrogens (tertiary/aromatic N) is 2. The summed E-state index contributed by atoms with van der Waals surface area (Å²) in [5, 5.41) is 8.81. The number of amides is 1. The van der Waals surface area contributed by atoms with Gasteiger partial charge in [-0.2, -0.15) is 0 Å². The van der Waals surface area contributed by atoms with E-state index in [0.717, 1.165) is 39.0 Å². The van der Waals surface area contributed by atoms with Crippen LogP contribution in [0.2, 0.25) is 0 Å². The molecule has 0 spiro atoms. The lowest BCUT2D eigenvalue weighted by Crippen LogP contribution is -2.53. The van der Waals surface area contributed by atoms with Crippen molar-refractivity contribution in [1.82, 2.24) is 9.80 Å². The second kappa shape index (κ2) is 6.83. The largest absolute Gasteiger partial charge is 0.395 e. The van der Waals surface area contributed by atoms with Crippen molar-refractivity contribution in [1.29, 1.82) is 0 Å². The Morgan fingerprint density at radius 3 is 2.50 bits per heavy atom. The van der Waals surface area contributed by atoms with Crippen molar-refractivity contribution in [2.75, 3.05) is 39.3 Å². The molecule has 1 aliphatic rings. The third-order valence-corrected chi connectivity index (χ3v) is 3.02. The second-order valence-electron chi connectivity index (χ2n) is 4.29. The maximum Gasteiger partial charge on any atom is 0.239 e. The normalized spacial score (nSPS) is 19.8. The van der Waals surface area contributed by atoms with Crippen molar-refractivity contribution < 1.29 is 9.90 Å². The fourth-order valence-electron chi connectivity index (χ4n) is 2.00. The summed E-state index contributed by atoms with van der Waals surface area (Å²) >= 11 is 0. The van der Waals surface area contributed by atoms with Crippen molar-refractivity contribution in [3.8, 4) is 0 Å². The van der Waals surface area contributed by atoms with E-state index in [4.69, 9.17) is 10.8 Å². The molecule has 1 atom stereocenters. The van der Waals surface area contributed by atoms with Gasteiger partial charge in [0.25, 0.3) is 0 Å². The molecule has 0 radical (unpaired) electrons. The summed E-state index contributed by atoms with van der Waals surface area (Å²) in [5.74, 6) is 0.0745. The Morgan fingerprint density at radius 2 is 2.00 bits per heavy atom. The van der Waals surface area contributed by atoms with Crippen molar-refractivity contribution >= 4 is 5.91 Å². The monoisotopic (exact) mass is 229 g/mol. The number of hydrogen-bond donors (Lipinski definition) is 2. The van der Waals surface area contributed by atoms with E-state index in [-0.39, 0.29) is 18.6 Å². The molecule has 1 amide bonds. The molecule has 1 saturated heterocycles. The van der Waals surface area contributed by atoms with E-state index >= 15 is 0 Å². The van der Waals surface area contributed by atoms with Crippen LogP contribution >= 0.6 is 0 Å². The Hall–Kier alpha value is -0.650. The molecule has 1 aliphatic heterocycles. The third-order valence-electron chi connectivity index (χ3n) is 3.02. The van der Waals surface area contributed by atoms with E-state index in [2.05, 4.69) is 4.90 Å². The number of aliphatic hydroxyl groups is 1. The van der Waals surface area contributed by atoms with Gasteiger partial charge in [0.15, 0.2) is 0 Å². The van der Waals surface area contributed by atoms with E-state index < -0.39 is 0 Å². The van der Waals surface area contributed by atoms with Gasteiger partial charge in [0.05, 0.1) is 12.6 Å². The first-order valence-electron chi connectivity index (χ1n) is 6.06. The number of nitrogens with two attached hydrogens (primary N) is 1. The lowest BCUT2D eigenvalue weighted by atomic mass is 10.1. The van der Waals surface area contributed by atoms with Crippen molar-refractivity contribution in [2.24, 2.45) is 5.73 Å². The van der Waals surface area contributed by atoms with Gasteiger partial charge < -0.3 is 15.7 Å². The molecule has 0 aromatic rings. The standard InChI is InChI=1S/C11H23N3O2/c1-2-3-10(12)11(16)14-6-4-13(5-7-14)8-9-15/h10,15H,2-9,12H2,1H3/t10-/m0/s1. The summed E-state index contributed by atoms with van der Waals surface area (Å²) in [4.78, 5) is 15.9. The molecule has 0 bridgehead atoms. The predicted molar refractivity (Wildman–Crippen MR) is 63.0 cm³/mol. The van der Waals surface area contributed by atoms with E-state index in [1.807, 2.05) is 11.8 Å². The van der Waals surface area contributed by atoms with Crippen molar-refractivity contribution in [3.05, 3.63) is 0 Å². The molecule has 0 aliphatic carbocycles. The quantitative estimate of drug-likeness (QED) is 0.651. The number of β-amino-alcohol motifs (C(OH)–C–C–N with tert-alkyl or cyclic N) is 1. The Labute approximate surface area is 97.2 Å². The molecule has 5 heteroatoms. The van der Waals surface area contributed by atoms with Crippen molar-refractivity contribution in [3.63, 3.8) is 0 Å². The molecule has 1 rings (SSSR count). The van der Waals surface area contributed by atoms with Gasteiger partial charge in [-0.15, -0.1) is 0 Å². The Balaban J connectivity index is 2.32. The predicted octanol–water partition coefficient (Wildman–Crippen LogP) is -0.750. The molecule has 5 nitrogen and oxygen atoms in total. The first-order chi connectivity index (χ1) is 7.69. The zero-order valence-corrected chi connectivity index (χ0v) is 10.1. The average molecular weight is 229 g/mol. The fraction of sp³-hybridized carbons (Fsp3) is 0.909. The number of hydrogen-bond acceptors (Lipinski definition) is 4. The smallest absolute Gasteiger partial charge is 0.239 e. The summed E-state index contributed by atoms with van der Waals surface area (Å²) < 4.78 is 0. The van der Waals surface area contributed by atoms with Gasteiger partial charge in [0.1, 0.15) is 0 Å². The molecule has 16 heavy (non-hydrogen) atoms. The van der Waals surface area contributed by atoms with Crippen LogP contribution in [0.3, 0.4) is 0 Å². The van der Waals surface area contributed by atoms with Crippen LogP contribution in [0.1, 0.15) is 19.8 Å². The van der Waals surface area contributed by atoms with E-state index in [1.165, 1.54) is 0 Å². The first-order valence-corrected chi connectivity index (χ1v) is 6.06. The van der Waals surface area contributed by atoms with Crippen molar-refractivity contribution in [2.45, 2.75) is 25.8 Å². The number of carbonyl (C=O) groups is 1. The van der Waals surface area contributed by atoms with Crippen LogP contribution in [0.4, 0.5) is 0 Å². The summed E-state index contributed by atoms with van der Waals surface area (Å²) in [6.45, 7) is 6.06. The molecule has 3 N–H and O–H groups in total. The fourth-order valence-corrected chi connectivity index (χ4v) is 2.00. The molecule has 1 heterocycles. The van der Waals surface area contributed by atoms with E-state index in [9.17, 15) is 4.79 Å². The zero-order chi connectivity index (χ0) is 12.0. The molecule has 0 unspecified atom stereocenters. The van der Waals surface area contributed by atoms with E-state index in [0.29, 0.717) is 6.54 Å². The van der Waals surface area contributed by atoms with Crippen LogP contribution in [0.25, 0.3) is 0 Å². The van der Waals surface area contributed by atoms with Crippen LogP contribution in [-0.4, -0.2) is 66.2 Å². The second-order valence-corrected chi connectivity index (χ2v) is 4.29. The topological polar surface area (TPSA) is 69.8 Å². The number of carbonyl (C=O) groups excluding carboxylic acids is 1. The van der Waals surface area contributed by atoms with Gasteiger partial charge >= 0.3 is 0 Å². The SMILES string of the molecule is CCC[C@H](N)C(=O)N1CCN(CCO)CC1. The summed E-state index contributed by atoms with van der Waals surface area (Å²) in [7, 11) is 0. The van der Waals surface area contributed by atoms with Crippen LogP contribution < -0.4 is 5.73 Å². The van der Waals surface area contributed by atoms with Gasteiger partial charge in [0.2, 0.25) is 5.91 Å². The minimum absolute atomic E-state index is 0.0745. The van der Waals surface area contributed by atoms with Crippen LogP contribution in [-0.2, 0) is 4.79 Å². The molecule has 94 valence electrons. The minimum Gasteiger partial charge on any atom is -0.395 e. The molecular formula is C11H23N3O2. The lowest BCUT2D eigenvalue weighted by Gasteiger charge is -2.35. The van der Waals surface area contributed by atoms with Gasteiger partial charge in [-0.3, -0.25) is 9.69 Å². The first kappa shape index (κ1) is 13.4. The van der Waals surface area contributed by atoms with Gasteiger partial charge in [0, 0.05) is 32.7 Å². The number of piperazine rings is 1. The zero-order valence-electron chi connectivity index (χ0n) is 10.1. The Morgan fingerprint density at radius 1 is 1.38 bits per heavy atom. The summed E-state index contributed by atoms with van der Waals surface area (Å²) in [6.07, 6.45) is 1.70. The Kier molecular flexibility index (Phi) is 5.73. The summed E-state index contributed by atoms with van der Waals surface area (Å²) in [5.41, 5.74) is 5.81. The van der Waals surface area contributed by atoms with Gasteiger partial charge in [-0.25, -0.2) is 0 Å². The van der Waals surface area contributed by atoms with Crippen LogP contribution in [0, 0.1) is 0 Å². The highest BCUT2D eigenvalue weighted by Gasteiger charge is 2.24. The summed E-state index contributed by atoms with van der Waals surface area (Å²) in [6, 6.07) is -0.339. The van der Waals surface area contributed by atoms with Gasteiger partial charge in [-0.1, -0.05) is 13.3 Å². The third kappa shape index (κ3) is 3.73. The lowest BCUT2D eigenvalue weighted by molar-refractivity contribution is -0.134. The highest BCUT2D eigenvalue weighted by molar-refractivity contribution is 5.81. The number of aliphatic hydroxyl groups excluding tert-OH is 1.